The number of rotatable bonds is 5. The third-order valence-corrected chi connectivity index (χ3v) is 5.89. The molecular weight excluding hydrogens is 434 g/mol. The second kappa shape index (κ2) is 8.59. The van der Waals surface area contributed by atoms with Gasteiger partial charge in [0.2, 0.25) is 6.79 Å². The summed E-state index contributed by atoms with van der Waals surface area (Å²) in [5, 5.41) is 11.3. The predicted molar refractivity (Wildman–Crippen MR) is 126 cm³/mol. The van der Waals surface area contributed by atoms with Crippen LogP contribution in [0.2, 0.25) is 0 Å². The molecule has 7 nitrogen and oxygen atoms in total. The molecule has 1 N–H and O–H groups in total. The van der Waals surface area contributed by atoms with Gasteiger partial charge in [0.05, 0.1) is 18.2 Å². The minimum atomic E-state index is -0.839. The summed E-state index contributed by atoms with van der Waals surface area (Å²) in [6, 6.07) is 18.6. The maximum atomic E-state index is 13.3. The van der Waals surface area contributed by atoms with Crippen molar-refractivity contribution in [1.82, 2.24) is 0 Å². The summed E-state index contributed by atoms with van der Waals surface area (Å²) in [7, 11) is 0. The van der Waals surface area contributed by atoms with Crippen LogP contribution in [0.15, 0.2) is 72.3 Å². The first kappa shape index (κ1) is 21.6. The van der Waals surface area contributed by atoms with Gasteiger partial charge in [-0.3, -0.25) is 14.5 Å². The molecule has 0 radical (unpaired) electrons. The Labute approximate surface area is 196 Å². The van der Waals surface area contributed by atoms with Gasteiger partial charge in [-0.05, 0) is 61.9 Å². The Morgan fingerprint density at radius 1 is 1.03 bits per heavy atom. The molecule has 1 atom stereocenters. The van der Waals surface area contributed by atoms with Gasteiger partial charge >= 0.3 is 0 Å². The molecule has 0 saturated carbocycles. The lowest BCUT2D eigenvalue weighted by molar-refractivity contribution is -0.132. The van der Waals surface area contributed by atoms with Gasteiger partial charge in [-0.1, -0.05) is 29.8 Å². The maximum Gasteiger partial charge on any atom is 0.300 e. The molecule has 34 heavy (non-hydrogen) atoms. The molecule has 0 aliphatic carbocycles. The van der Waals surface area contributed by atoms with Gasteiger partial charge in [0, 0.05) is 11.3 Å². The van der Waals surface area contributed by atoms with E-state index < -0.39 is 17.7 Å². The number of nitrogens with zero attached hydrogens (tertiary/aromatic N) is 1. The van der Waals surface area contributed by atoms with Crippen LogP contribution in [-0.4, -0.2) is 30.2 Å². The molecule has 7 heteroatoms. The summed E-state index contributed by atoms with van der Waals surface area (Å²) in [6.07, 6.45) is 0. The van der Waals surface area contributed by atoms with Crippen LogP contribution in [-0.2, 0) is 9.59 Å². The fourth-order valence-electron chi connectivity index (χ4n) is 4.26. The van der Waals surface area contributed by atoms with Gasteiger partial charge in [-0.2, -0.15) is 0 Å². The lowest BCUT2D eigenvalue weighted by Gasteiger charge is -2.26. The number of anilines is 1. The van der Waals surface area contributed by atoms with Crippen molar-refractivity contribution in [2.24, 2.45) is 0 Å². The molecule has 2 heterocycles. The van der Waals surface area contributed by atoms with Crippen molar-refractivity contribution in [2.45, 2.75) is 19.9 Å². The van der Waals surface area contributed by atoms with Crippen molar-refractivity contribution in [3.8, 4) is 17.2 Å². The molecule has 1 fully saturated rings. The first-order chi connectivity index (χ1) is 16.5. The minimum absolute atomic E-state index is 0.00177. The monoisotopic (exact) mass is 457 g/mol. The predicted octanol–water partition coefficient (Wildman–Crippen LogP) is 4.75. The summed E-state index contributed by atoms with van der Waals surface area (Å²) < 4.78 is 16.4. The van der Waals surface area contributed by atoms with Gasteiger partial charge < -0.3 is 19.3 Å². The lowest BCUT2D eigenvalue weighted by atomic mass is 9.94. The number of hydrogen-bond acceptors (Lipinski definition) is 6. The van der Waals surface area contributed by atoms with E-state index in [-0.39, 0.29) is 18.1 Å². The smallest absolute Gasteiger partial charge is 0.300 e. The second-order valence-electron chi connectivity index (χ2n) is 8.08. The van der Waals surface area contributed by atoms with Gasteiger partial charge in [0.1, 0.15) is 11.5 Å². The number of benzene rings is 3. The third-order valence-electron chi connectivity index (χ3n) is 5.89. The van der Waals surface area contributed by atoms with Crippen molar-refractivity contribution in [2.75, 3.05) is 18.3 Å². The Balaban J connectivity index is 1.69. The van der Waals surface area contributed by atoms with Crippen LogP contribution >= 0.6 is 0 Å². The van der Waals surface area contributed by atoms with E-state index in [4.69, 9.17) is 14.2 Å². The van der Waals surface area contributed by atoms with Crippen molar-refractivity contribution in [3.05, 3.63) is 89.0 Å². The molecule has 0 bridgehead atoms. The van der Waals surface area contributed by atoms with Crippen LogP contribution < -0.4 is 19.1 Å². The van der Waals surface area contributed by atoms with E-state index in [1.54, 1.807) is 42.5 Å². The number of ketones is 1. The summed E-state index contributed by atoms with van der Waals surface area (Å²) >= 11 is 0. The highest BCUT2D eigenvalue weighted by atomic mass is 16.7. The van der Waals surface area contributed by atoms with Gasteiger partial charge in [-0.15, -0.1) is 0 Å². The number of hydrogen-bond donors (Lipinski definition) is 1. The Morgan fingerprint density at radius 2 is 1.79 bits per heavy atom. The number of fused-ring (bicyclic) bond motifs is 1. The molecule has 5 rings (SSSR count). The number of carbonyl (C=O) groups excluding carboxylic acids is 2. The van der Waals surface area contributed by atoms with Gasteiger partial charge in [-0.25, -0.2) is 0 Å². The SMILES string of the molecule is CCOc1cccc(C2/C(=C(/O)c3ccc4c(c3)OCO4)C(=O)C(=O)N2c2ccc(C)cc2)c1. The average Bonchev–Trinajstić information content (AvgIpc) is 3.42. The first-order valence-corrected chi connectivity index (χ1v) is 11.0. The number of carbonyl (C=O) groups is 2. The van der Waals surface area contributed by atoms with E-state index in [2.05, 4.69) is 0 Å². The van der Waals surface area contributed by atoms with Crippen LogP contribution in [0.25, 0.3) is 5.76 Å². The van der Waals surface area contributed by atoms with Crippen molar-refractivity contribution in [1.29, 1.82) is 0 Å². The van der Waals surface area contributed by atoms with Crippen LogP contribution in [0, 0.1) is 6.92 Å². The van der Waals surface area contributed by atoms with E-state index in [1.165, 1.54) is 4.90 Å². The zero-order valence-corrected chi connectivity index (χ0v) is 18.8. The average molecular weight is 457 g/mol. The number of aliphatic hydroxyl groups excluding tert-OH is 1. The largest absolute Gasteiger partial charge is 0.507 e. The standard InChI is InChI=1S/C27H23NO6/c1-3-32-20-6-4-5-17(13-20)24-23(25(29)18-9-12-21-22(14-18)34-15-33-21)26(30)27(31)28(24)19-10-7-16(2)8-11-19/h4-14,24,29H,3,15H2,1-2H3/b25-23-. The molecule has 1 saturated heterocycles. The Kier molecular flexibility index (Phi) is 5.45. The number of Topliss-reactive ketones (excluding diaryl/α,β-unsaturated/α-hetero) is 1. The molecule has 2 aliphatic heterocycles. The number of aliphatic hydroxyl groups is 1. The number of ether oxygens (including phenoxy) is 3. The summed E-state index contributed by atoms with van der Waals surface area (Å²) in [4.78, 5) is 28.0. The third kappa shape index (κ3) is 3.65. The van der Waals surface area contributed by atoms with Gasteiger partial charge in [0.25, 0.3) is 11.7 Å². The molecule has 0 aromatic heterocycles. The van der Waals surface area contributed by atoms with Crippen LogP contribution in [0.1, 0.15) is 29.7 Å². The van der Waals surface area contributed by atoms with Crippen molar-refractivity contribution < 1.29 is 28.9 Å². The highest BCUT2D eigenvalue weighted by molar-refractivity contribution is 6.51. The zero-order valence-electron chi connectivity index (χ0n) is 18.8. The lowest BCUT2D eigenvalue weighted by Crippen LogP contribution is -2.29. The minimum Gasteiger partial charge on any atom is -0.507 e. The van der Waals surface area contributed by atoms with E-state index in [0.29, 0.717) is 40.7 Å². The zero-order chi connectivity index (χ0) is 23.8. The Hall–Kier alpha value is -4.26. The topological polar surface area (TPSA) is 85.3 Å². The summed E-state index contributed by atoms with van der Waals surface area (Å²) in [5.41, 5.74) is 2.59. The van der Waals surface area contributed by atoms with Crippen LogP contribution in [0.5, 0.6) is 17.2 Å². The quantitative estimate of drug-likeness (QED) is 0.338. The van der Waals surface area contributed by atoms with Gasteiger partial charge in [0.15, 0.2) is 11.5 Å². The summed E-state index contributed by atoms with van der Waals surface area (Å²) in [6.45, 7) is 4.38. The van der Waals surface area contributed by atoms with Crippen LogP contribution in [0.4, 0.5) is 5.69 Å². The fraction of sp³-hybridized carbons (Fsp3) is 0.185. The first-order valence-electron chi connectivity index (χ1n) is 11.0. The van der Waals surface area contributed by atoms with Crippen LogP contribution in [0.3, 0.4) is 0 Å². The summed E-state index contributed by atoms with van der Waals surface area (Å²) in [5.74, 6) is -0.125. The molecule has 1 unspecified atom stereocenters. The number of aryl methyl sites for hydroxylation is 1. The van der Waals surface area contributed by atoms with E-state index in [9.17, 15) is 14.7 Å². The normalized spacial score (nSPS) is 18.4. The highest BCUT2D eigenvalue weighted by Crippen LogP contribution is 2.44. The Morgan fingerprint density at radius 3 is 2.56 bits per heavy atom. The van der Waals surface area contributed by atoms with Crippen molar-refractivity contribution >= 4 is 23.1 Å². The van der Waals surface area contributed by atoms with E-state index >= 15 is 0 Å². The molecule has 2 aliphatic rings. The number of amides is 1. The molecular formula is C27H23NO6. The highest BCUT2D eigenvalue weighted by Gasteiger charge is 2.47. The fourth-order valence-corrected chi connectivity index (χ4v) is 4.26. The maximum absolute atomic E-state index is 13.3. The van der Waals surface area contributed by atoms with Crippen molar-refractivity contribution in [3.63, 3.8) is 0 Å². The second-order valence-corrected chi connectivity index (χ2v) is 8.08. The molecule has 172 valence electrons. The molecule has 3 aromatic rings. The molecule has 0 spiro atoms. The molecule has 3 aromatic carbocycles. The Bertz CT molecular complexity index is 1310. The van der Waals surface area contributed by atoms with E-state index in [0.717, 1.165) is 5.56 Å². The van der Waals surface area contributed by atoms with E-state index in [1.807, 2.05) is 38.1 Å². The molecule has 1 amide bonds.